The van der Waals surface area contributed by atoms with E-state index < -0.39 is 0 Å². The fourth-order valence-corrected chi connectivity index (χ4v) is 1.03. The van der Waals surface area contributed by atoms with Crippen LogP contribution in [0.1, 0.15) is 12.1 Å². The van der Waals surface area contributed by atoms with Crippen molar-refractivity contribution in [2.24, 2.45) is 5.73 Å². The number of hydrogen-bond acceptors (Lipinski definition) is 5. The van der Waals surface area contributed by atoms with Crippen LogP contribution >= 0.6 is 0 Å². The molecule has 1 aromatic rings. The van der Waals surface area contributed by atoms with E-state index in [2.05, 4.69) is 15.3 Å². The molecule has 0 amide bonds. The molecule has 2 atom stereocenters. The molecule has 1 saturated carbocycles. The quantitative estimate of drug-likeness (QED) is 0.653. The van der Waals surface area contributed by atoms with Gasteiger partial charge in [-0.3, -0.25) is 0 Å². The van der Waals surface area contributed by atoms with Crippen molar-refractivity contribution < 1.29 is 0 Å². The highest BCUT2D eigenvalue weighted by atomic mass is 15.1. The van der Waals surface area contributed by atoms with Crippen LogP contribution in [0.25, 0.3) is 0 Å². The van der Waals surface area contributed by atoms with E-state index in [9.17, 15) is 0 Å². The number of nitrogens with zero attached hydrogens (tertiary/aromatic N) is 3. The van der Waals surface area contributed by atoms with E-state index in [0.717, 1.165) is 6.42 Å². The average Bonchev–Trinajstić information content (AvgIpc) is 2.83. The second kappa shape index (κ2) is 2.99. The largest absolute Gasteiger partial charge is 0.364 e. The molecule has 3 N–H and O–H groups in total. The summed E-state index contributed by atoms with van der Waals surface area (Å²) in [4.78, 5) is 7.89. The van der Waals surface area contributed by atoms with Gasteiger partial charge in [0.2, 0.25) is 0 Å². The molecule has 0 radical (unpaired) electrons. The van der Waals surface area contributed by atoms with E-state index in [-0.39, 0.29) is 6.04 Å². The van der Waals surface area contributed by atoms with Crippen LogP contribution in [0.4, 0.5) is 5.82 Å². The first-order valence-electron chi connectivity index (χ1n) is 4.04. The molecule has 1 aromatic heterocycles. The SMILES string of the molecule is N#Cc1cnc(NC2CC2N)cn1. The third-order valence-electron chi connectivity index (χ3n) is 1.94. The predicted octanol–water partition coefficient (Wildman–Crippen LogP) is -0.140. The molecule has 1 aliphatic carbocycles. The van der Waals surface area contributed by atoms with Crippen LogP contribution in [-0.2, 0) is 0 Å². The van der Waals surface area contributed by atoms with Crippen LogP contribution in [0.3, 0.4) is 0 Å². The van der Waals surface area contributed by atoms with Crippen LogP contribution in [0.2, 0.25) is 0 Å². The molecule has 66 valence electrons. The van der Waals surface area contributed by atoms with E-state index in [1.165, 1.54) is 6.20 Å². The summed E-state index contributed by atoms with van der Waals surface area (Å²) in [6.07, 6.45) is 3.96. The molecule has 0 spiro atoms. The molecular weight excluding hydrogens is 166 g/mol. The van der Waals surface area contributed by atoms with Gasteiger partial charge in [0.25, 0.3) is 0 Å². The Morgan fingerprint density at radius 3 is 2.77 bits per heavy atom. The maximum Gasteiger partial charge on any atom is 0.158 e. The predicted molar refractivity (Wildman–Crippen MR) is 46.8 cm³/mol. The lowest BCUT2D eigenvalue weighted by molar-refractivity contribution is 0.989. The molecule has 0 bridgehead atoms. The number of nitrogens with one attached hydrogen (secondary N) is 1. The van der Waals surface area contributed by atoms with E-state index >= 15 is 0 Å². The fraction of sp³-hybridized carbons (Fsp3) is 0.375. The number of hydrogen-bond donors (Lipinski definition) is 2. The molecule has 5 nitrogen and oxygen atoms in total. The van der Waals surface area contributed by atoms with Gasteiger partial charge in [-0.1, -0.05) is 0 Å². The highest BCUT2D eigenvalue weighted by Gasteiger charge is 2.33. The van der Waals surface area contributed by atoms with Crippen molar-refractivity contribution in [3.8, 4) is 6.07 Å². The molecule has 5 heteroatoms. The summed E-state index contributed by atoms with van der Waals surface area (Å²) < 4.78 is 0. The number of nitriles is 1. The maximum atomic E-state index is 8.47. The monoisotopic (exact) mass is 175 g/mol. The van der Waals surface area contributed by atoms with Crippen molar-refractivity contribution in [2.75, 3.05) is 5.32 Å². The Kier molecular flexibility index (Phi) is 1.83. The van der Waals surface area contributed by atoms with Gasteiger partial charge in [0.05, 0.1) is 12.4 Å². The molecule has 13 heavy (non-hydrogen) atoms. The van der Waals surface area contributed by atoms with E-state index in [1.807, 2.05) is 6.07 Å². The van der Waals surface area contributed by atoms with Gasteiger partial charge in [0.15, 0.2) is 5.69 Å². The second-order valence-electron chi connectivity index (χ2n) is 3.05. The van der Waals surface area contributed by atoms with Gasteiger partial charge < -0.3 is 11.1 Å². The second-order valence-corrected chi connectivity index (χ2v) is 3.05. The Hall–Kier alpha value is -1.67. The van der Waals surface area contributed by atoms with Crippen LogP contribution in [0, 0.1) is 11.3 Å². The highest BCUT2D eigenvalue weighted by molar-refractivity contribution is 5.37. The van der Waals surface area contributed by atoms with Gasteiger partial charge >= 0.3 is 0 Å². The minimum absolute atomic E-state index is 0.234. The minimum Gasteiger partial charge on any atom is -0.364 e. The Balaban J connectivity index is 2.02. The zero-order chi connectivity index (χ0) is 9.26. The van der Waals surface area contributed by atoms with Gasteiger partial charge in [0.1, 0.15) is 11.9 Å². The van der Waals surface area contributed by atoms with Crippen LogP contribution < -0.4 is 11.1 Å². The van der Waals surface area contributed by atoms with Crippen LogP contribution in [0.5, 0.6) is 0 Å². The van der Waals surface area contributed by atoms with Crippen molar-refractivity contribution in [2.45, 2.75) is 18.5 Å². The topological polar surface area (TPSA) is 87.6 Å². The summed E-state index contributed by atoms with van der Waals surface area (Å²) >= 11 is 0. The van der Waals surface area contributed by atoms with Gasteiger partial charge in [-0.2, -0.15) is 5.26 Å². The van der Waals surface area contributed by atoms with Crippen molar-refractivity contribution in [3.05, 3.63) is 18.1 Å². The standard InChI is InChI=1S/C8H9N5/c9-2-5-3-12-8(4-11-5)13-7-1-6(7)10/h3-4,6-7H,1,10H2,(H,12,13). The Bertz CT molecular complexity index is 339. The van der Waals surface area contributed by atoms with Crippen molar-refractivity contribution >= 4 is 5.82 Å². The lowest BCUT2D eigenvalue weighted by Crippen LogP contribution is -2.14. The lowest BCUT2D eigenvalue weighted by atomic mass is 10.5. The Labute approximate surface area is 75.6 Å². The highest BCUT2D eigenvalue weighted by Crippen LogP contribution is 2.22. The van der Waals surface area contributed by atoms with Gasteiger partial charge in [-0.15, -0.1) is 0 Å². The normalized spacial score (nSPS) is 24.9. The van der Waals surface area contributed by atoms with Crippen molar-refractivity contribution in [1.29, 1.82) is 5.26 Å². The van der Waals surface area contributed by atoms with Crippen molar-refractivity contribution in [3.63, 3.8) is 0 Å². The number of rotatable bonds is 2. The van der Waals surface area contributed by atoms with Crippen LogP contribution in [0.15, 0.2) is 12.4 Å². The maximum absolute atomic E-state index is 8.47. The van der Waals surface area contributed by atoms with Gasteiger partial charge in [0, 0.05) is 12.1 Å². The Morgan fingerprint density at radius 2 is 2.31 bits per heavy atom. The van der Waals surface area contributed by atoms with E-state index in [0.29, 0.717) is 17.6 Å². The summed E-state index contributed by atoms with van der Waals surface area (Å²) in [5, 5.41) is 11.6. The molecule has 1 fully saturated rings. The fourth-order valence-electron chi connectivity index (χ4n) is 1.03. The molecule has 0 saturated heterocycles. The zero-order valence-corrected chi connectivity index (χ0v) is 6.94. The number of anilines is 1. The molecule has 1 aliphatic rings. The summed E-state index contributed by atoms with van der Waals surface area (Å²) in [5.41, 5.74) is 5.93. The average molecular weight is 175 g/mol. The first-order chi connectivity index (χ1) is 6.29. The van der Waals surface area contributed by atoms with E-state index in [4.69, 9.17) is 11.0 Å². The summed E-state index contributed by atoms with van der Waals surface area (Å²) in [5.74, 6) is 0.678. The molecule has 2 rings (SSSR count). The third-order valence-corrected chi connectivity index (χ3v) is 1.94. The lowest BCUT2D eigenvalue weighted by Gasteiger charge is -2.01. The summed E-state index contributed by atoms with van der Waals surface area (Å²) in [6, 6.07) is 2.46. The third kappa shape index (κ3) is 1.73. The summed E-state index contributed by atoms with van der Waals surface area (Å²) in [7, 11) is 0. The van der Waals surface area contributed by atoms with Gasteiger partial charge in [-0.25, -0.2) is 9.97 Å². The zero-order valence-electron chi connectivity index (χ0n) is 6.94. The molecule has 1 heterocycles. The Morgan fingerprint density at radius 1 is 1.54 bits per heavy atom. The minimum atomic E-state index is 0.234. The van der Waals surface area contributed by atoms with E-state index in [1.54, 1.807) is 6.20 Å². The van der Waals surface area contributed by atoms with Gasteiger partial charge in [-0.05, 0) is 6.42 Å². The summed E-state index contributed by atoms with van der Waals surface area (Å²) in [6.45, 7) is 0. The first kappa shape index (κ1) is 7.95. The first-order valence-corrected chi connectivity index (χ1v) is 4.04. The molecular formula is C8H9N5. The van der Waals surface area contributed by atoms with Crippen LogP contribution in [-0.4, -0.2) is 22.1 Å². The smallest absolute Gasteiger partial charge is 0.158 e. The number of aromatic nitrogens is 2. The molecule has 0 aromatic carbocycles. The molecule has 0 aliphatic heterocycles. The number of nitrogens with two attached hydrogens (primary N) is 1. The van der Waals surface area contributed by atoms with Crippen molar-refractivity contribution in [1.82, 2.24) is 9.97 Å². The molecule has 2 unspecified atom stereocenters.